The molecule has 0 bridgehead atoms. The molecule has 0 saturated carbocycles. The second-order valence-electron chi connectivity index (χ2n) is 3.52. The van der Waals surface area contributed by atoms with Crippen molar-refractivity contribution < 1.29 is 4.74 Å². The van der Waals surface area contributed by atoms with Gasteiger partial charge in [0.15, 0.2) is 0 Å². The van der Waals surface area contributed by atoms with E-state index in [4.69, 9.17) is 10.00 Å². The third kappa shape index (κ3) is 1.66. The molecule has 4 nitrogen and oxygen atoms in total. The van der Waals surface area contributed by atoms with Gasteiger partial charge in [0.1, 0.15) is 12.4 Å². The van der Waals surface area contributed by atoms with Gasteiger partial charge < -0.3 is 9.30 Å². The fourth-order valence-electron chi connectivity index (χ4n) is 1.84. The molecular weight excluding hydrogens is 202 g/mol. The standard InChI is InChI=1S/C12H13N3O/c1-3-15-11-5-4-9(7-13)6-10(11)14-12(15)8-16-2/h4-6H,3,8H2,1-2H3. The number of hydrogen-bond donors (Lipinski definition) is 0. The SMILES string of the molecule is CCn1c(COC)nc2cc(C#N)ccc21. The Bertz CT molecular complexity index is 551. The first-order valence-corrected chi connectivity index (χ1v) is 5.18. The fraction of sp³-hybridized carbons (Fsp3) is 0.333. The van der Waals surface area contributed by atoms with Gasteiger partial charge in [-0.1, -0.05) is 0 Å². The van der Waals surface area contributed by atoms with Gasteiger partial charge in [-0.25, -0.2) is 4.98 Å². The van der Waals surface area contributed by atoms with Gasteiger partial charge in [0.2, 0.25) is 0 Å². The molecule has 1 heterocycles. The van der Waals surface area contributed by atoms with E-state index in [1.165, 1.54) is 0 Å². The number of imidazole rings is 1. The summed E-state index contributed by atoms with van der Waals surface area (Å²) in [5.41, 5.74) is 2.54. The van der Waals surface area contributed by atoms with Crippen molar-refractivity contribution in [3.05, 3.63) is 29.6 Å². The Balaban J connectivity index is 2.62. The highest BCUT2D eigenvalue weighted by Crippen LogP contribution is 2.18. The smallest absolute Gasteiger partial charge is 0.135 e. The molecular formula is C12H13N3O. The molecule has 2 rings (SSSR count). The first kappa shape index (κ1) is 10.7. The fourth-order valence-corrected chi connectivity index (χ4v) is 1.84. The summed E-state index contributed by atoms with van der Waals surface area (Å²) in [6.45, 7) is 3.41. The monoisotopic (exact) mass is 215 g/mol. The molecule has 0 atom stereocenters. The van der Waals surface area contributed by atoms with E-state index >= 15 is 0 Å². The number of aryl methyl sites for hydroxylation is 1. The summed E-state index contributed by atoms with van der Waals surface area (Å²) >= 11 is 0. The molecule has 2 aromatic rings. The highest BCUT2D eigenvalue weighted by Gasteiger charge is 2.09. The van der Waals surface area contributed by atoms with E-state index in [0.29, 0.717) is 12.2 Å². The molecule has 0 aliphatic heterocycles. The summed E-state index contributed by atoms with van der Waals surface area (Å²) in [4.78, 5) is 4.47. The van der Waals surface area contributed by atoms with Gasteiger partial charge in [0.05, 0.1) is 22.7 Å². The van der Waals surface area contributed by atoms with Crippen LogP contribution in [0.2, 0.25) is 0 Å². The van der Waals surface area contributed by atoms with Gasteiger partial charge in [-0.05, 0) is 25.1 Å². The van der Waals surface area contributed by atoms with Crippen LogP contribution in [0.4, 0.5) is 0 Å². The van der Waals surface area contributed by atoms with Crippen LogP contribution in [0.5, 0.6) is 0 Å². The summed E-state index contributed by atoms with van der Waals surface area (Å²) in [5, 5.41) is 8.82. The van der Waals surface area contributed by atoms with Crippen molar-refractivity contribution in [3.8, 4) is 6.07 Å². The van der Waals surface area contributed by atoms with Crippen LogP contribution in [0, 0.1) is 11.3 Å². The van der Waals surface area contributed by atoms with Gasteiger partial charge in [-0.15, -0.1) is 0 Å². The predicted molar refractivity (Wildman–Crippen MR) is 60.8 cm³/mol. The van der Waals surface area contributed by atoms with E-state index in [0.717, 1.165) is 23.4 Å². The molecule has 0 aliphatic rings. The molecule has 82 valence electrons. The largest absolute Gasteiger partial charge is 0.377 e. The van der Waals surface area contributed by atoms with Crippen LogP contribution in [0.25, 0.3) is 11.0 Å². The molecule has 0 aliphatic carbocycles. The molecule has 16 heavy (non-hydrogen) atoms. The Morgan fingerprint density at radius 1 is 1.50 bits per heavy atom. The van der Waals surface area contributed by atoms with E-state index in [2.05, 4.69) is 22.5 Å². The van der Waals surface area contributed by atoms with Crippen molar-refractivity contribution in [2.75, 3.05) is 7.11 Å². The quantitative estimate of drug-likeness (QED) is 0.787. The van der Waals surface area contributed by atoms with E-state index in [1.54, 1.807) is 13.2 Å². The van der Waals surface area contributed by atoms with Crippen molar-refractivity contribution in [1.82, 2.24) is 9.55 Å². The minimum atomic E-state index is 0.490. The molecule has 0 radical (unpaired) electrons. The molecule has 4 heteroatoms. The number of nitrogens with zero attached hydrogens (tertiary/aromatic N) is 3. The molecule has 0 N–H and O–H groups in total. The number of fused-ring (bicyclic) bond motifs is 1. The maximum absolute atomic E-state index is 8.82. The minimum Gasteiger partial charge on any atom is -0.377 e. The molecule has 0 amide bonds. The summed E-state index contributed by atoms with van der Waals surface area (Å²) in [6.07, 6.45) is 0. The van der Waals surface area contributed by atoms with Crippen molar-refractivity contribution in [1.29, 1.82) is 5.26 Å². The molecule has 0 spiro atoms. The maximum atomic E-state index is 8.82. The van der Waals surface area contributed by atoms with Crippen LogP contribution in [-0.2, 0) is 17.9 Å². The van der Waals surface area contributed by atoms with Crippen molar-refractivity contribution in [2.24, 2.45) is 0 Å². The van der Waals surface area contributed by atoms with Crippen LogP contribution >= 0.6 is 0 Å². The molecule has 0 fully saturated rings. The van der Waals surface area contributed by atoms with Crippen molar-refractivity contribution in [2.45, 2.75) is 20.1 Å². The Hall–Kier alpha value is -1.86. The van der Waals surface area contributed by atoms with Gasteiger partial charge in [-0.2, -0.15) is 5.26 Å². The van der Waals surface area contributed by atoms with Gasteiger partial charge in [-0.3, -0.25) is 0 Å². The maximum Gasteiger partial charge on any atom is 0.135 e. The van der Waals surface area contributed by atoms with Crippen LogP contribution in [0.15, 0.2) is 18.2 Å². The highest BCUT2D eigenvalue weighted by molar-refractivity contribution is 5.77. The second-order valence-corrected chi connectivity index (χ2v) is 3.52. The van der Waals surface area contributed by atoms with E-state index in [9.17, 15) is 0 Å². The van der Waals surface area contributed by atoms with Crippen LogP contribution in [0.1, 0.15) is 18.3 Å². The normalized spacial score (nSPS) is 10.6. The average molecular weight is 215 g/mol. The number of ether oxygens (including phenoxy) is 1. The lowest BCUT2D eigenvalue weighted by molar-refractivity contribution is 0.175. The third-order valence-electron chi connectivity index (χ3n) is 2.55. The lowest BCUT2D eigenvalue weighted by atomic mass is 10.2. The van der Waals surface area contributed by atoms with Crippen molar-refractivity contribution in [3.63, 3.8) is 0 Å². The van der Waals surface area contributed by atoms with Crippen LogP contribution in [0.3, 0.4) is 0 Å². The summed E-state index contributed by atoms with van der Waals surface area (Å²) in [6, 6.07) is 7.67. The predicted octanol–water partition coefficient (Wildman–Crippen LogP) is 2.07. The molecule has 1 aromatic carbocycles. The lowest BCUT2D eigenvalue weighted by Crippen LogP contribution is -2.02. The Morgan fingerprint density at radius 3 is 2.94 bits per heavy atom. The second kappa shape index (κ2) is 4.33. The Labute approximate surface area is 94.1 Å². The van der Waals surface area contributed by atoms with E-state index < -0.39 is 0 Å². The number of hydrogen-bond acceptors (Lipinski definition) is 3. The van der Waals surface area contributed by atoms with Gasteiger partial charge in [0.25, 0.3) is 0 Å². The molecule has 0 saturated heterocycles. The van der Waals surface area contributed by atoms with Crippen LogP contribution < -0.4 is 0 Å². The summed E-state index contributed by atoms with van der Waals surface area (Å²) < 4.78 is 7.21. The van der Waals surface area contributed by atoms with E-state index in [1.807, 2.05) is 12.1 Å². The first-order valence-electron chi connectivity index (χ1n) is 5.18. The first-order chi connectivity index (χ1) is 7.80. The van der Waals surface area contributed by atoms with E-state index in [-0.39, 0.29) is 0 Å². The summed E-state index contributed by atoms with van der Waals surface area (Å²) in [5.74, 6) is 0.898. The topological polar surface area (TPSA) is 50.8 Å². The number of benzene rings is 1. The zero-order chi connectivity index (χ0) is 11.5. The number of rotatable bonds is 3. The highest BCUT2D eigenvalue weighted by atomic mass is 16.5. The third-order valence-corrected chi connectivity index (χ3v) is 2.55. The average Bonchev–Trinajstić information content (AvgIpc) is 2.65. The van der Waals surface area contributed by atoms with Crippen LogP contribution in [-0.4, -0.2) is 16.7 Å². The minimum absolute atomic E-state index is 0.490. The number of nitriles is 1. The number of aromatic nitrogens is 2. The zero-order valence-corrected chi connectivity index (χ0v) is 9.40. The Morgan fingerprint density at radius 2 is 2.31 bits per heavy atom. The Kier molecular flexibility index (Phi) is 2.88. The van der Waals surface area contributed by atoms with Crippen molar-refractivity contribution >= 4 is 11.0 Å². The lowest BCUT2D eigenvalue weighted by Gasteiger charge is -2.04. The zero-order valence-electron chi connectivity index (χ0n) is 9.40. The number of methoxy groups -OCH3 is 1. The molecule has 1 aromatic heterocycles. The van der Waals surface area contributed by atoms with Gasteiger partial charge in [0, 0.05) is 13.7 Å². The summed E-state index contributed by atoms with van der Waals surface area (Å²) in [7, 11) is 1.65. The molecule has 0 unspecified atom stereocenters. The van der Waals surface area contributed by atoms with Gasteiger partial charge >= 0.3 is 0 Å².